The van der Waals surface area contributed by atoms with Gasteiger partial charge < -0.3 is 10.4 Å². The van der Waals surface area contributed by atoms with Crippen LogP contribution in [0, 0.1) is 5.92 Å². The second kappa shape index (κ2) is 6.79. The summed E-state index contributed by atoms with van der Waals surface area (Å²) in [5.41, 5.74) is 1.03. The number of carbonyl (C=O) groups excluding carboxylic acids is 1. The van der Waals surface area contributed by atoms with Gasteiger partial charge >= 0.3 is 0 Å². The first-order valence-electron chi connectivity index (χ1n) is 7.74. The van der Waals surface area contributed by atoms with E-state index in [0.29, 0.717) is 23.8 Å². The van der Waals surface area contributed by atoms with Gasteiger partial charge in [-0.05, 0) is 24.3 Å². The van der Waals surface area contributed by atoms with E-state index in [1.165, 1.54) is 11.3 Å². The lowest BCUT2D eigenvalue weighted by molar-refractivity contribution is 0.0924. The van der Waals surface area contributed by atoms with Gasteiger partial charge in [0.25, 0.3) is 5.91 Å². The maximum Gasteiger partial charge on any atom is 0.261 e. The smallest absolute Gasteiger partial charge is 0.261 e. The number of amides is 1. The maximum atomic E-state index is 12.2. The van der Waals surface area contributed by atoms with E-state index >= 15 is 0 Å². The van der Waals surface area contributed by atoms with Gasteiger partial charge in [-0.2, -0.15) is 5.10 Å². The SMILES string of the molecule is CC(C)c1nn(C)c2sc(C(=O)NCCC(O)C(C)C)cc12. The fraction of sp³-hybridized carbons (Fsp3) is 0.625. The molecule has 2 aromatic heterocycles. The molecule has 5 nitrogen and oxygen atoms in total. The number of hydrogen-bond acceptors (Lipinski definition) is 4. The molecule has 1 amide bonds. The summed E-state index contributed by atoms with van der Waals surface area (Å²) < 4.78 is 1.84. The van der Waals surface area contributed by atoms with Crippen LogP contribution in [0.4, 0.5) is 0 Å². The highest BCUT2D eigenvalue weighted by molar-refractivity contribution is 7.20. The Bertz CT molecular complexity index is 658. The Kier molecular flexibility index (Phi) is 5.24. The highest BCUT2D eigenvalue weighted by Crippen LogP contribution is 2.31. The van der Waals surface area contributed by atoms with E-state index in [0.717, 1.165) is 15.9 Å². The summed E-state index contributed by atoms with van der Waals surface area (Å²) in [5, 5.41) is 18.2. The molecule has 2 heterocycles. The number of aryl methyl sites for hydroxylation is 1. The fourth-order valence-corrected chi connectivity index (χ4v) is 3.35. The summed E-state index contributed by atoms with van der Waals surface area (Å²) in [5.74, 6) is 0.461. The molecule has 22 heavy (non-hydrogen) atoms. The Labute approximate surface area is 135 Å². The summed E-state index contributed by atoms with van der Waals surface area (Å²) >= 11 is 1.46. The molecule has 2 rings (SSSR count). The van der Waals surface area contributed by atoms with Crippen LogP contribution in [0.2, 0.25) is 0 Å². The number of rotatable bonds is 6. The monoisotopic (exact) mass is 323 g/mol. The van der Waals surface area contributed by atoms with Crippen LogP contribution in [-0.2, 0) is 7.05 Å². The summed E-state index contributed by atoms with van der Waals surface area (Å²) in [7, 11) is 1.91. The van der Waals surface area contributed by atoms with Gasteiger partial charge in [-0.1, -0.05) is 27.7 Å². The number of aromatic nitrogens is 2. The Hall–Kier alpha value is -1.40. The molecular formula is C16H25N3O2S. The average molecular weight is 323 g/mol. The molecule has 0 aliphatic heterocycles. The molecule has 0 fully saturated rings. The van der Waals surface area contributed by atoms with Gasteiger partial charge in [0.05, 0.1) is 16.7 Å². The lowest BCUT2D eigenvalue weighted by Gasteiger charge is -2.14. The van der Waals surface area contributed by atoms with E-state index in [1.807, 2.05) is 31.6 Å². The van der Waals surface area contributed by atoms with E-state index in [-0.39, 0.29) is 17.9 Å². The van der Waals surface area contributed by atoms with Crippen LogP contribution in [0.15, 0.2) is 6.07 Å². The van der Waals surface area contributed by atoms with Crippen molar-refractivity contribution in [2.75, 3.05) is 6.54 Å². The fourth-order valence-electron chi connectivity index (χ4n) is 2.36. The van der Waals surface area contributed by atoms with Gasteiger partial charge in [0.2, 0.25) is 0 Å². The first-order valence-corrected chi connectivity index (χ1v) is 8.55. The Morgan fingerprint density at radius 2 is 2.09 bits per heavy atom. The molecule has 0 bridgehead atoms. The minimum absolute atomic E-state index is 0.0770. The molecular weight excluding hydrogens is 298 g/mol. The van der Waals surface area contributed by atoms with Gasteiger partial charge in [-0.3, -0.25) is 9.48 Å². The van der Waals surface area contributed by atoms with Crippen molar-refractivity contribution < 1.29 is 9.90 Å². The van der Waals surface area contributed by atoms with Crippen LogP contribution < -0.4 is 5.32 Å². The van der Waals surface area contributed by atoms with E-state index in [1.54, 1.807) is 0 Å². The largest absolute Gasteiger partial charge is 0.393 e. The van der Waals surface area contributed by atoms with Crippen molar-refractivity contribution in [2.24, 2.45) is 13.0 Å². The second-order valence-corrected chi connectivity index (χ2v) is 7.38. The Morgan fingerprint density at radius 3 is 2.68 bits per heavy atom. The molecule has 1 unspecified atom stereocenters. The molecule has 0 spiro atoms. The van der Waals surface area contributed by atoms with Crippen LogP contribution in [0.5, 0.6) is 0 Å². The highest BCUT2D eigenvalue weighted by atomic mass is 32.1. The van der Waals surface area contributed by atoms with Gasteiger partial charge in [0, 0.05) is 19.0 Å². The van der Waals surface area contributed by atoms with E-state index in [4.69, 9.17) is 0 Å². The molecule has 2 N–H and O–H groups in total. The molecule has 6 heteroatoms. The molecule has 0 saturated heterocycles. The van der Waals surface area contributed by atoms with Crippen LogP contribution in [-0.4, -0.2) is 33.4 Å². The number of aliphatic hydroxyl groups is 1. The van der Waals surface area contributed by atoms with E-state index in [2.05, 4.69) is 24.3 Å². The first kappa shape index (κ1) is 17.0. The van der Waals surface area contributed by atoms with Gasteiger partial charge in [0.15, 0.2) is 0 Å². The number of nitrogens with zero attached hydrogens (tertiary/aromatic N) is 2. The lowest BCUT2D eigenvalue weighted by Crippen LogP contribution is -2.28. The molecule has 0 aromatic carbocycles. The average Bonchev–Trinajstić information content (AvgIpc) is 2.99. The summed E-state index contributed by atoms with van der Waals surface area (Å²) in [6, 6.07) is 1.93. The predicted molar refractivity (Wildman–Crippen MR) is 90.5 cm³/mol. The lowest BCUT2D eigenvalue weighted by atomic mass is 10.0. The minimum atomic E-state index is -0.376. The number of thiophene rings is 1. The third-order valence-electron chi connectivity index (χ3n) is 3.81. The van der Waals surface area contributed by atoms with Crippen LogP contribution >= 0.6 is 11.3 Å². The first-order chi connectivity index (χ1) is 10.3. The predicted octanol–water partition coefficient (Wildman–Crippen LogP) is 2.90. The zero-order chi connectivity index (χ0) is 16.4. The van der Waals surface area contributed by atoms with Crippen molar-refractivity contribution >= 4 is 27.5 Å². The highest BCUT2D eigenvalue weighted by Gasteiger charge is 2.18. The zero-order valence-electron chi connectivity index (χ0n) is 13.9. The molecule has 0 aliphatic rings. The Balaban J connectivity index is 2.08. The summed E-state index contributed by atoms with van der Waals surface area (Å²) in [6.07, 6.45) is 0.201. The quantitative estimate of drug-likeness (QED) is 0.859. The number of aliphatic hydroxyl groups excluding tert-OH is 1. The van der Waals surface area contributed by atoms with Crippen molar-refractivity contribution in [1.29, 1.82) is 0 Å². The normalized spacial score (nSPS) is 13.3. The summed E-state index contributed by atoms with van der Waals surface area (Å²) in [4.78, 5) is 14.0. The molecule has 0 aliphatic carbocycles. The minimum Gasteiger partial charge on any atom is -0.393 e. The maximum absolute atomic E-state index is 12.2. The third kappa shape index (κ3) is 3.50. The van der Waals surface area contributed by atoms with Crippen molar-refractivity contribution in [3.8, 4) is 0 Å². The van der Waals surface area contributed by atoms with Gasteiger partial charge in [-0.15, -0.1) is 11.3 Å². The van der Waals surface area contributed by atoms with Crippen LogP contribution in [0.3, 0.4) is 0 Å². The zero-order valence-corrected chi connectivity index (χ0v) is 14.7. The summed E-state index contributed by atoms with van der Waals surface area (Å²) in [6.45, 7) is 8.64. The molecule has 1 atom stereocenters. The number of fused-ring (bicyclic) bond motifs is 1. The molecule has 0 saturated carbocycles. The molecule has 2 aromatic rings. The van der Waals surface area contributed by atoms with Gasteiger partial charge in [0.1, 0.15) is 4.83 Å². The van der Waals surface area contributed by atoms with Crippen molar-refractivity contribution in [2.45, 2.75) is 46.1 Å². The molecule has 122 valence electrons. The number of hydrogen-bond donors (Lipinski definition) is 2. The standard InChI is InChI=1S/C16H25N3O2S/c1-9(2)12(20)6-7-17-15(21)13-8-11-14(10(3)4)18-19(5)16(11)22-13/h8-10,12,20H,6-7H2,1-5H3,(H,17,21). The van der Waals surface area contributed by atoms with E-state index < -0.39 is 0 Å². The molecule has 0 radical (unpaired) electrons. The third-order valence-corrected chi connectivity index (χ3v) is 5.01. The van der Waals surface area contributed by atoms with Crippen molar-refractivity contribution in [1.82, 2.24) is 15.1 Å². The van der Waals surface area contributed by atoms with Crippen LogP contribution in [0.1, 0.15) is 55.4 Å². The Morgan fingerprint density at radius 1 is 1.41 bits per heavy atom. The van der Waals surface area contributed by atoms with Gasteiger partial charge in [-0.25, -0.2) is 0 Å². The number of carbonyl (C=O) groups is 1. The van der Waals surface area contributed by atoms with Crippen molar-refractivity contribution in [3.05, 3.63) is 16.6 Å². The topological polar surface area (TPSA) is 67.2 Å². The van der Waals surface area contributed by atoms with Crippen molar-refractivity contribution in [3.63, 3.8) is 0 Å². The second-order valence-electron chi connectivity index (χ2n) is 6.35. The van der Waals surface area contributed by atoms with Crippen LogP contribution in [0.25, 0.3) is 10.2 Å². The van der Waals surface area contributed by atoms with E-state index in [9.17, 15) is 9.90 Å². The number of nitrogens with one attached hydrogen (secondary N) is 1.